The lowest BCUT2D eigenvalue weighted by Gasteiger charge is -2.10. The molecule has 0 aliphatic carbocycles. The zero-order valence-corrected chi connectivity index (χ0v) is 12.8. The van der Waals surface area contributed by atoms with E-state index in [0.29, 0.717) is 6.54 Å². The van der Waals surface area contributed by atoms with Crippen molar-refractivity contribution in [3.05, 3.63) is 47.8 Å². The topological polar surface area (TPSA) is 70.0 Å². The van der Waals surface area contributed by atoms with Gasteiger partial charge < -0.3 is 5.73 Å². The molecule has 2 heterocycles. The molecule has 0 saturated carbocycles. The number of hydrogen-bond donors (Lipinski definition) is 1. The van der Waals surface area contributed by atoms with E-state index in [1.165, 1.54) is 26.7 Å². The Labute approximate surface area is 122 Å². The first-order valence-corrected chi connectivity index (χ1v) is 7.53. The Bertz CT molecular complexity index is 702. The Morgan fingerprint density at radius 3 is 2.74 bits per heavy atom. The molecule has 5 nitrogen and oxygen atoms in total. The van der Waals surface area contributed by atoms with Crippen LogP contribution in [-0.2, 0) is 13.1 Å². The van der Waals surface area contributed by atoms with Gasteiger partial charge in [-0.15, -0.1) is 11.3 Å². The lowest BCUT2D eigenvalue weighted by molar-refractivity contribution is 0.575. The average molecular weight is 344 g/mol. The summed E-state index contributed by atoms with van der Waals surface area (Å²) in [6, 6.07) is 1.89. The van der Waals surface area contributed by atoms with Gasteiger partial charge in [-0.2, -0.15) is 0 Å². The third-order valence-electron chi connectivity index (χ3n) is 2.72. The number of nitrogen functional groups attached to an aromatic ring is 1. The van der Waals surface area contributed by atoms with Gasteiger partial charge in [-0.05, 0) is 33.8 Å². The van der Waals surface area contributed by atoms with Crippen molar-refractivity contribution < 1.29 is 0 Å². The summed E-state index contributed by atoms with van der Waals surface area (Å²) in [5, 5.41) is 1.90. The highest BCUT2D eigenvalue weighted by atomic mass is 79.9. The van der Waals surface area contributed by atoms with Gasteiger partial charge in [0, 0.05) is 22.1 Å². The van der Waals surface area contributed by atoms with E-state index in [4.69, 9.17) is 5.73 Å². The summed E-state index contributed by atoms with van der Waals surface area (Å²) in [5.74, 6) is 0. The molecule has 0 atom stereocenters. The molecule has 0 aromatic carbocycles. The summed E-state index contributed by atoms with van der Waals surface area (Å²) in [6.07, 6.45) is 2.23. The molecule has 0 radical (unpaired) electrons. The van der Waals surface area contributed by atoms with Crippen LogP contribution in [0.2, 0.25) is 0 Å². The van der Waals surface area contributed by atoms with Crippen molar-refractivity contribution in [2.75, 3.05) is 5.73 Å². The third-order valence-corrected chi connectivity index (χ3v) is 4.63. The summed E-state index contributed by atoms with van der Waals surface area (Å²) < 4.78 is 3.56. The Balaban J connectivity index is 2.53. The van der Waals surface area contributed by atoms with Crippen LogP contribution in [-0.4, -0.2) is 9.13 Å². The van der Waals surface area contributed by atoms with Crippen molar-refractivity contribution in [3.63, 3.8) is 0 Å². The molecule has 19 heavy (non-hydrogen) atoms. The van der Waals surface area contributed by atoms with Crippen molar-refractivity contribution in [1.29, 1.82) is 0 Å². The minimum absolute atomic E-state index is 0.0979. The molecule has 0 saturated heterocycles. The van der Waals surface area contributed by atoms with Crippen molar-refractivity contribution in [1.82, 2.24) is 9.13 Å². The summed E-state index contributed by atoms with van der Waals surface area (Å²) in [5.41, 5.74) is 5.03. The van der Waals surface area contributed by atoms with Crippen LogP contribution in [0, 0.1) is 0 Å². The molecular formula is C12H14BrN3O2S. The van der Waals surface area contributed by atoms with E-state index in [0.717, 1.165) is 15.8 Å². The van der Waals surface area contributed by atoms with Crippen LogP contribution < -0.4 is 17.0 Å². The van der Waals surface area contributed by atoms with Gasteiger partial charge in [0.05, 0.1) is 6.54 Å². The quantitative estimate of drug-likeness (QED) is 0.921. The Hall–Kier alpha value is -1.34. The fraction of sp³-hybridized carbons (Fsp3) is 0.333. The fourth-order valence-electron chi connectivity index (χ4n) is 1.80. The summed E-state index contributed by atoms with van der Waals surface area (Å²) in [4.78, 5) is 25.2. The van der Waals surface area contributed by atoms with Crippen LogP contribution in [0.15, 0.2) is 31.7 Å². The van der Waals surface area contributed by atoms with Gasteiger partial charge in [0.1, 0.15) is 5.69 Å². The van der Waals surface area contributed by atoms with Crippen LogP contribution in [0.5, 0.6) is 0 Å². The van der Waals surface area contributed by atoms with E-state index >= 15 is 0 Å². The normalized spacial score (nSPS) is 10.8. The first-order valence-electron chi connectivity index (χ1n) is 5.86. The van der Waals surface area contributed by atoms with Crippen LogP contribution in [0.25, 0.3) is 0 Å². The van der Waals surface area contributed by atoms with E-state index in [2.05, 4.69) is 15.9 Å². The van der Waals surface area contributed by atoms with Gasteiger partial charge in [0.15, 0.2) is 0 Å². The second-order valence-electron chi connectivity index (χ2n) is 4.14. The fourth-order valence-corrected chi connectivity index (χ4v) is 3.26. The SMILES string of the molecule is CCCn1cc(N)c(=O)n(Cc2sccc2Br)c1=O. The molecule has 0 spiro atoms. The van der Waals surface area contributed by atoms with Gasteiger partial charge in [0.25, 0.3) is 5.56 Å². The van der Waals surface area contributed by atoms with Crippen molar-refractivity contribution in [3.8, 4) is 0 Å². The van der Waals surface area contributed by atoms with Crippen molar-refractivity contribution in [2.24, 2.45) is 0 Å². The van der Waals surface area contributed by atoms with Crippen LogP contribution in [0.4, 0.5) is 5.69 Å². The minimum atomic E-state index is -0.433. The monoisotopic (exact) mass is 343 g/mol. The molecule has 7 heteroatoms. The number of thiophene rings is 1. The Morgan fingerprint density at radius 1 is 1.42 bits per heavy atom. The number of nitrogens with two attached hydrogens (primary N) is 1. The molecule has 0 aliphatic rings. The molecule has 102 valence electrons. The van der Waals surface area contributed by atoms with Gasteiger partial charge in [-0.3, -0.25) is 13.9 Å². The highest BCUT2D eigenvalue weighted by Crippen LogP contribution is 2.22. The van der Waals surface area contributed by atoms with E-state index in [1.807, 2.05) is 18.4 Å². The smallest absolute Gasteiger partial charge is 0.331 e. The molecular weight excluding hydrogens is 330 g/mol. The summed E-state index contributed by atoms with van der Waals surface area (Å²) >= 11 is 4.89. The average Bonchev–Trinajstić information content (AvgIpc) is 2.77. The maximum atomic E-state index is 12.2. The van der Waals surface area contributed by atoms with E-state index in [1.54, 1.807) is 0 Å². The molecule has 2 N–H and O–H groups in total. The lowest BCUT2D eigenvalue weighted by atomic mass is 10.4. The molecule has 0 bridgehead atoms. The third kappa shape index (κ3) is 2.82. The van der Waals surface area contributed by atoms with Gasteiger partial charge in [-0.1, -0.05) is 6.92 Å². The highest BCUT2D eigenvalue weighted by molar-refractivity contribution is 9.10. The Kier molecular flexibility index (Phi) is 4.26. The first-order chi connectivity index (χ1) is 9.04. The molecule has 0 aliphatic heterocycles. The molecule has 2 aromatic heterocycles. The Morgan fingerprint density at radius 2 is 2.16 bits per heavy atom. The lowest BCUT2D eigenvalue weighted by Crippen LogP contribution is -2.40. The molecule has 0 unspecified atom stereocenters. The zero-order chi connectivity index (χ0) is 14.0. The number of anilines is 1. The maximum Gasteiger partial charge on any atom is 0.331 e. The standard InChI is InChI=1S/C12H14BrN3O2S/c1-2-4-15-6-9(14)11(17)16(12(15)18)7-10-8(13)3-5-19-10/h3,5-6H,2,4,7,14H2,1H3. The number of nitrogens with zero attached hydrogens (tertiary/aromatic N) is 2. The number of hydrogen-bond acceptors (Lipinski definition) is 4. The van der Waals surface area contributed by atoms with Crippen molar-refractivity contribution >= 4 is 33.0 Å². The second kappa shape index (κ2) is 5.75. The molecule has 2 aromatic rings. The van der Waals surface area contributed by atoms with E-state index in [-0.39, 0.29) is 17.9 Å². The number of halogens is 1. The largest absolute Gasteiger partial charge is 0.393 e. The predicted octanol–water partition coefficient (Wildman–Crippen LogP) is 1.87. The van der Waals surface area contributed by atoms with Gasteiger partial charge in [-0.25, -0.2) is 4.79 Å². The molecule has 0 amide bonds. The zero-order valence-electron chi connectivity index (χ0n) is 10.4. The summed E-state index contributed by atoms with van der Waals surface area (Å²) in [7, 11) is 0. The number of aromatic nitrogens is 2. The highest BCUT2D eigenvalue weighted by Gasteiger charge is 2.11. The first kappa shape index (κ1) is 14.1. The van der Waals surface area contributed by atoms with Gasteiger partial charge in [0.2, 0.25) is 0 Å². The van der Waals surface area contributed by atoms with E-state index < -0.39 is 5.56 Å². The number of aryl methyl sites for hydroxylation is 1. The minimum Gasteiger partial charge on any atom is -0.393 e. The number of rotatable bonds is 4. The second-order valence-corrected chi connectivity index (χ2v) is 6.00. The molecule has 0 fully saturated rings. The van der Waals surface area contributed by atoms with Crippen LogP contribution in [0.3, 0.4) is 0 Å². The summed E-state index contributed by atoms with van der Waals surface area (Å²) in [6.45, 7) is 2.76. The van der Waals surface area contributed by atoms with E-state index in [9.17, 15) is 9.59 Å². The van der Waals surface area contributed by atoms with Crippen molar-refractivity contribution in [2.45, 2.75) is 26.4 Å². The molecule has 2 rings (SSSR count). The van der Waals surface area contributed by atoms with Gasteiger partial charge >= 0.3 is 5.69 Å². The predicted molar refractivity (Wildman–Crippen MR) is 80.8 cm³/mol. The van der Waals surface area contributed by atoms with Crippen LogP contribution in [0.1, 0.15) is 18.2 Å². The van der Waals surface area contributed by atoms with Crippen LogP contribution >= 0.6 is 27.3 Å². The maximum absolute atomic E-state index is 12.2.